The van der Waals surface area contributed by atoms with Gasteiger partial charge in [-0.2, -0.15) is 4.31 Å². The molecule has 1 rings (SSSR count). The van der Waals surface area contributed by atoms with Crippen LogP contribution in [0.4, 0.5) is 0 Å². The highest BCUT2D eigenvalue weighted by Crippen LogP contribution is 2.26. The first-order valence-corrected chi connectivity index (χ1v) is 8.63. The molecule has 110 valence electrons. The Bertz CT molecular complexity index is 500. The minimum Gasteiger partial charge on any atom is -0.308 e. The van der Waals surface area contributed by atoms with Gasteiger partial charge >= 0.3 is 0 Å². The summed E-state index contributed by atoms with van der Waals surface area (Å²) in [6.07, 6.45) is 1.32. The highest BCUT2D eigenvalue weighted by molar-refractivity contribution is 7.91. The van der Waals surface area contributed by atoms with Gasteiger partial charge in [-0.25, -0.2) is 13.4 Å². The second-order valence-electron chi connectivity index (χ2n) is 4.99. The van der Waals surface area contributed by atoms with Crippen LogP contribution in [0.2, 0.25) is 4.47 Å². The van der Waals surface area contributed by atoms with Crippen molar-refractivity contribution in [3.8, 4) is 0 Å². The van der Waals surface area contributed by atoms with E-state index in [1.54, 1.807) is 0 Å². The molecule has 19 heavy (non-hydrogen) atoms. The summed E-state index contributed by atoms with van der Waals surface area (Å²) in [5.74, 6) is 0.264. The topological polar surface area (TPSA) is 53.5 Å². The molecule has 0 fully saturated rings. The second kappa shape index (κ2) is 6.99. The summed E-state index contributed by atoms with van der Waals surface area (Å²) >= 11 is 6.72. The zero-order valence-electron chi connectivity index (χ0n) is 11.6. The Hall–Kier alpha value is -0.210. The monoisotopic (exact) mass is 325 g/mol. The first kappa shape index (κ1) is 16.8. The maximum absolute atomic E-state index is 12.5. The van der Waals surface area contributed by atoms with E-state index in [9.17, 15) is 8.42 Å². The van der Waals surface area contributed by atoms with Gasteiger partial charge in [-0.15, -0.1) is 0 Å². The molecule has 5 nitrogen and oxygen atoms in total. The standard InChI is InChI=1S/C11H20ClN3O2S2/c1-9(2)8-15(6-5-14(3)4)19(16,17)10-7-13-11(12)18-10/h7,9H,5-6,8H2,1-4H3. The fraction of sp³-hybridized carbons (Fsp3) is 0.727. The Morgan fingerprint density at radius 1 is 1.37 bits per heavy atom. The number of sulfonamides is 1. The molecule has 0 saturated carbocycles. The Kier molecular flexibility index (Phi) is 6.19. The van der Waals surface area contributed by atoms with Gasteiger partial charge in [0.05, 0.1) is 6.20 Å². The molecule has 0 aliphatic carbocycles. The number of halogens is 1. The predicted molar refractivity (Wildman–Crippen MR) is 79.3 cm³/mol. The lowest BCUT2D eigenvalue weighted by Crippen LogP contribution is -2.38. The number of thiazole rings is 1. The molecule has 0 N–H and O–H groups in total. The van der Waals surface area contributed by atoms with Crippen molar-refractivity contribution >= 4 is 33.0 Å². The lowest BCUT2D eigenvalue weighted by molar-refractivity contribution is 0.313. The second-order valence-corrected chi connectivity index (χ2v) is 8.77. The summed E-state index contributed by atoms with van der Waals surface area (Å²) in [7, 11) is 0.348. The fourth-order valence-electron chi connectivity index (χ4n) is 1.51. The maximum Gasteiger partial charge on any atom is 0.254 e. The maximum atomic E-state index is 12.5. The van der Waals surface area contributed by atoms with Crippen LogP contribution in [0, 0.1) is 5.92 Å². The van der Waals surface area contributed by atoms with Gasteiger partial charge in [-0.05, 0) is 20.0 Å². The van der Waals surface area contributed by atoms with E-state index in [0.717, 1.165) is 11.3 Å². The molecule has 1 aromatic rings. The van der Waals surface area contributed by atoms with Crippen LogP contribution in [0.15, 0.2) is 10.4 Å². The molecule has 0 spiro atoms. The third-order valence-corrected chi connectivity index (χ3v) is 5.83. The number of likely N-dealkylation sites (N-methyl/N-ethyl adjacent to an activating group) is 1. The van der Waals surface area contributed by atoms with Crippen LogP contribution in [-0.2, 0) is 10.0 Å². The molecule has 0 saturated heterocycles. The summed E-state index contributed by atoms with van der Waals surface area (Å²) in [4.78, 5) is 5.77. The van der Waals surface area contributed by atoms with E-state index in [4.69, 9.17) is 11.6 Å². The van der Waals surface area contributed by atoms with Gasteiger partial charge < -0.3 is 4.90 Å². The third-order valence-electron chi connectivity index (χ3n) is 2.42. The summed E-state index contributed by atoms with van der Waals surface area (Å²) in [5, 5.41) is 0. The van der Waals surface area contributed by atoms with Crippen LogP contribution < -0.4 is 0 Å². The van der Waals surface area contributed by atoms with Gasteiger partial charge in [0, 0.05) is 19.6 Å². The van der Waals surface area contributed by atoms with E-state index in [0.29, 0.717) is 19.6 Å². The van der Waals surface area contributed by atoms with E-state index in [1.807, 2.05) is 32.8 Å². The summed E-state index contributed by atoms with van der Waals surface area (Å²) in [6.45, 7) is 5.63. The van der Waals surface area contributed by atoms with Crippen molar-refractivity contribution in [1.82, 2.24) is 14.2 Å². The predicted octanol–water partition coefficient (Wildman–Crippen LogP) is 2.00. The summed E-state index contributed by atoms with van der Waals surface area (Å²) < 4.78 is 27.0. The Balaban J connectivity index is 2.94. The highest BCUT2D eigenvalue weighted by atomic mass is 35.5. The van der Waals surface area contributed by atoms with Gasteiger partial charge in [-0.3, -0.25) is 0 Å². The molecular weight excluding hydrogens is 306 g/mol. The first-order chi connectivity index (χ1) is 8.73. The van der Waals surface area contributed by atoms with Crippen molar-refractivity contribution in [3.05, 3.63) is 10.7 Å². The normalized spacial score (nSPS) is 12.8. The van der Waals surface area contributed by atoms with Crippen LogP contribution >= 0.6 is 22.9 Å². The minimum atomic E-state index is -3.49. The highest BCUT2D eigenvalue weighted by Gasteiger charge is 2.27. The smallest absolute Gasteiger partial charge is 0.254 e. The minimum absolute atomic E-state index is 0.205. The average Bonchev–Trinajstić information content (AvgIpc) is 2.70. The number of aromatic nitrogens is 1. The van der Waals surface area contributed by atoms with Gasteiger partial charge in [0.2, 0.25) is 0 Å². The zero-order chi connectivity index (χ0) is 14.6. The quantitative estimate of drug-likeness (QED) is 0.769. The van der Waals surface area contributed by atoms with Crippen molar-refractivity contribution in [3.63, 3.8) is 0 Å². The van der Waals surface area contributed by atoms with E-state index < -0.39 is 10.0 Å². The van der Waals surface area contributed by atoms with Crippen LogP contribution in [0.5, 0.6) is 0 Å². The molecule has 0 aromatic carbocycles. The number of hydrogen-bond donors (Lipinski definition) is 0. The number of nitrogens with zero attached hydrogens (tertiary/aromatic N) is 3. The molecule has 0 aliphatic rings. The largest absolute Gasteiger partial charge is 0.308 e. The average molecular weight is 326 g/mol. The number of rotatable bonds is 7. The molecule has 0 atom stereocenters. The van der Waals surface area contributed by atoms with Crippen LogP contribution in [-0.4, -0.2) is 56.3 Å². The van der Waals surface area contributed by atoms with Crippen molar-refractivity contribution in [2.75, 3.05) is 33.7 Å². The molecule has 0 amide bonds. The zero-order valence-corrected chi connectivity index (χ0v) is 14.0. The summed E-state index contributed by atoms with van der Waals surface area (Å²) in [6, 6.07) is 0. The molecule has 0 aliphatic heterocycles. The van der Waals surface area contributed by atoms with Gasteiger partial charge in [0.25, 0.3) is 10.0 Å². The summed E-state index contributed by atoms with van der Waals surface area (Å²) in [5.41, 5.74) is 0. The van der Waals surface area contributed by atoms with Crippen molar-refractivity contribution < 1.29 is 8.42 Å². The third kappa shape index (κ3) is 5.00. The fourth-order valence-corrected chi connectivity index (χ4v) is 4.56. The lowest BCUT2D eigenvalue weighted by atomic mass is 10.2. The van der Waals surface area contributed by atoms with E-state index in [-0.39, 0.29) is 14.6 Å². The van der Waals surface area contributed by atoms with Crippen LogP contribution in [0.3, 0.4) is 0 Å². The Morgan fingerprint density at radius 2 is 2.00 bits per heavy atom. The molecule has 0 unspecified atom stereocenters. The SMILES string of the molecule is CC(C)CN(CCN(C)C)S(=O)(=O)c1cnc(Cl)s1. The molecule has 0 radical (unpaired) electrons. The van der Waals surface area contributed by atoms with E-state index in [1.165, 1.54) is 10.5 Å². The van der Waals surface area contributed by atoms with Gasteiger partial charge in [0.15, 0.2) is 8.68 Å². The van der Waals surface area contributed by atoms with E-state index in [2.05, 4.69) is 4.98 Å². The van der Waals surface area contributed by atoms with Gasteiger partial charge in [0.1, 0.15) is 0 Å². The number of hydrogen-bond acceptors (Lipinski definition) is 5. The van der Waals surface area contributed by atoms with Crippen LogP contribution in [0.25, 0.3) is 0 Å². The molecule has 1 heterocycles. The van der Waals surface area contributed by atoms with Gasteiger partial charge in [-0.1, -0.05) is 36.8 Å². The van der Waals surface area contributed by atoms with Crippen molar-refractivity contribution in [2.24, 2.45) is 5.92 Å². The first-order valence-electron chi connectivity index (χ1n) is 5.99. The molecular formula is C11H20ClN3O2S2. The molecule has 8 heteroatoms. The molecule has 0 bridgehead atoms. The lowest BCUT2D eigenvalue weighted by Gasteiger charge is -2.24. The Morgan fingerprint density at radius 3 is 2.42 bits per heavy atom. The van der Waals surface area contributed by atoms with Crippen LogP contribution in [0.1, 0.15) is 13.8 Å². The Labute approximate surface area is 124 Å². The van der Waals surface area contributed by atoms with Crippen molar-refractivity contribution in [1.29, 1.82) is 0 Å². The molecule has 1 aromatic heterocycles. The van der Waals surface area contributed by atoms with E-state index >= 15 is 0 Å². The van der Waals surface area contributed by atoms with Crippen molar-refractivity contribution in [2.45, 2.75) is 18.1 Å².